The first-order valence-electron chi connectivity index (χ1n) is 5.22. The topological polar surface area (TPSA) is 26.3 Å². The van der Waals surface area contributed by atoms with Gasteiger partial charge in [-0.3, -0.25) is 0 Å². The largest absolute Gasteiger partial charge is 0.459 e. The molecular weight excluding hydrogens is 200 g/mol. The number of ether oxygens (including phenoxy) is 1. The monoisotopic (exact) mass is 216 g/mol. The summed E-state index contributed by atoms with van der Waals surface area (Å²) < 4.78 is 5.04. The van der Waals surface area contributed by atoms with Crippen LogP contribution in [-0.4, -0.2) is 12.1 Å². The fourth-order valence-corrected chi connectivity index (χ4v) is 1.56. The number of cyclic esters (lactones) is 1. The Labute approximate surface area is 96.2 Å². The molecule has 1 saturated heterocycles. The molecule has 1 fully saturated rings. The number of esters is 1. The van der Waals surface area contributed by atoms with E-state index in [4.69, 9.17) is 4.74 Å². The van der Waals surface area contributed by atoms with Gasteiger partial charge in [-0.15, -0.1) is 13.2 Å². The van der Waals surface area contributed by atoms with Gasteiger partial charge in [-0.25, -0.2) is 4.79 Å². The van der Waals surface area contributed by atoms with E-state index in [1.165, 1.54) is 0 Å². The molecule has 1 aliphatic heterocycles. The Kier molecular flexibility index (Phi) is 4.52. The zero-order valence-electron chi connectivity index (χ0n) is 9.48. The molecule has 1 unspecified atom stereocenters. The Hall–Kier alpha value is -1.83. The van der Waals surface area contributed by atoms with E-state index in [0.29, 0.717) is 6.42 Å². The number of hydrogen-bond donors (Lipinski definition) is 0. The average molecular weight is 216 g/mol. The lowest BCUT2D eigenvalue weighted by molar-refractivity contribution is -0.138. The lowest BCUT2D eigenvalue weighted by Crippen LogP contribution is -1.99. The highest BCUT2D eigenvalue weighted by Gasteiger charge is 2.24. The van der Waals surface area contributed by atoms with Crippen molar-refractivity contribution in [2.75, 3.05) is 0 Å². The summed E-state index contributed by atoms with van der Waals surface area (Å²) in [6, 6.07) is 9.82. The molecule has 0 aromatic heterocycles. The molecule has 0 saturated carbocycles. The lowest BCUT2D eigenvalue weighted by Gasteiger charge is -1.94. The van der Waals surface area contributed by atoms with E-state index >= 15 is 0 Å². The van der Waals surface area contributed by atoms with Crippen molar-refractivity contribution in [3.05, 3.63) is 54.6 Å². The third kappa shape index (κ3) is 3.09. The molecule has 2 heteroatoms. The van der Waals surface area contributed by atoms with Crippen LogP contribution in [0.2, 0.25) is 0 Å². The highest BCUT2D eigenvalue weighted by atomic mass is 16.5. The summed E-state index contributed by atoms with van der Waals surface area (Å²) in [5.41, 5.74) is 1.82. The smallest absolute Gasteiger partial charge is 0.334 e. The highest BCUT2D eigenvalue weighted by molar-refractivity contribution is 5.95. The summed E-state index contributed by atoms with van der Waals surface area (Å²) in [5, 5.41) is 0. The number of benzene rings is 1. The minimum absolute atomic E-state index is 0.0254. The standard InChI is InChI=1S/C12H12O2.C2H4/c1-9-7-11(12(13)14-9)8-10-5-3-2-4-6-10;1-2/h2-6,8-9H,7H2,1H3;1-2H2/b11-8-;. The molecule has 1 aromatic rings. The maximum Gasteiger partial charge on any atom is 0.334 e. The van der Waals surface area contributed by atoms with Crippen LogP contribution in [0.25, 0.3) is 6.08 Å². The zero-order valence-corrected chi connectivity index (χ0v) is 9.48. The summed E-state index contributed by atoms with van der Waals surface area (Å²) in [5.74, 6) is -0.179. The predicted octanol–water partition coefficient (Wildman–Crippen LogP) is 3.21. The molecule has 2 nitrogen and oxygen atoms in total. The van der Waals surface area contributed by atoms with Crippen molar-refractivity contribution in [3.63, 3.8) is 0 Å². The molecule has 0 N–H and O–H groups in total. The predicted molar refractivity (Wildman–Crippen MR) is 65.8 cm³/mol. The summed E-state index contributed by atoms with van der Waals surface area (Å²) in [7, 11) is 0. The van der Waals surface area contributed by atoms with Crippen LogP contribution in [0.4, 0.5) is 0 Å². The molecule has 0 radical (unpaired) electrons. The van der Waals surface area contributed by atoms with Crippen molar-refractivity contribution in [2.24, 2.45) is 0 Å². The van der Waals surface area contributed by atoms with E-state index in [1.54, 1.807) is 0 Å². The van der Waals surface area contributed by atoms with E-state index in [9.17, 15) is 4.79 Å². The Morgan fingerprint density at radius 2 is 1.94 bits per heavy atom. The number of hydrogen-bond acceptors (Lipinski definition) is 2. The van der Waals surface area contributed by atoms with Gasteiger partial charge in [-0.2, -0.15) is 0 Å². The highest BCUT2D eigenvalue weighted by Crippen LogP contribution is 2.22. The molecule has 84 valence electrons. The van der Waals surface area contributed by atoms with E-state index in [-0.39, 0.29) is 12.1 Å². The molecule has 1 atom stereocenters. The molecule has 1 aromatic carbocycles. The molecule has 2 rings (SSSR count). The van der Waals surface area contributed by atoms with Crippen LogP contribution < -0.4 is 0 Å². The van der Waals surface area contributed by atoms with Crippen LogP contribution in [0.15, 0.2) is 49.1 Å². The van der Waals surface area contributed by atoms with Crippen molar-refractivity contribution in [3.8, 4) is 0 Å². The summed E-state index contributed by atoms with van der Waals surface area (Å²) in [6.45, 7) is 7.91. The molecule has 1 heterocycles. The summed E-state index contributed by atoms with van der Waals surface area (Å²) in [4.78, 5) is 11.3. The molecule has 0 aliphatic carbocycles. The van der Waals surface area contributed by atoms with Gasteiger partial charge in [0.15, 0.2) is 0 Å². The van der Waals surface area contributed by atoms with Gasteiger partial charge in [-0.05, 0) is 18.6 Å². The van der Waals surface area contributed by atoms with Gasteiger partial charge in [0.25, 0.3) is 0 Å². The van der Waals surface area contributed by atoms with Crippen molar-refractivity contribution in [1.29, 1.82) is 0 Å². The Balaban J connectivity index is 0.000000606. The molecule has 0 bridgehead atoms. The van der Waals surface area contributed by atoms with Crippen molar-refractivity contribution >= 4 is 12.0 Å². The van der Waals surface area contributed by atoms with Crippen molar-refractivity contribution in [1.82, 2.24) is 0 Å². The van der Waals surface area contributed by atoms with Crippen molar-refractivity contribution in [2.45, 2.75) is 19.4 Å². The third-order valence-corrected chi connectivity index (χ3v) is 2.22. The van der Waals surface area contributed by atoms with Crippen molar-refractivity contribution < 1.29 is 9.53 Å². The van der Waals surface area contributed by atoms with E-state index in [2.05, 4.69) is 13.2 Å². The normalized spacial score (nSPS) is 21.2. The fourth-order valence-electron chi connectivity index (χ4n) is 1.56. The van der Waals surface area contributed by atoms with Crippen LogP contribution >= 0.6 is 0 Å². The van der Waals surface area contributed by atoms with Crippen LogP contribution in [0.3, 0.4) is 0 Å². The zero-order chi connectivity index (χ0) is 12.0. The Morgan fingerprint density at radius 1 is 1.31 bits per heavy atom. The second kappa shape index (κ2) is 5.91. The van der Waals surface area contributed by atoms with Gasteiger partial charge in [-0.1, -0.05) is 30.3 Å². The molecule has 0 spiro atoms. The number of carbonyl (C=O) groups is 1. The minimum atomic E-state index is -0.179. The lowest BCUT2D eigenvalue weighted by atomic mass is 10.1. The average Bonchev–Trinajstić information content (AvgIpc) is 2.62. The second-order valence-electron chi connectivity index (χ2n) is 3.50. The summed E-state index contributed by atoms with van der Waals surface area (Å²) in [6.07, 6.45) is 2.64. The van der Waals surface area contributed by atoms with Crippen LogP contribution in [-0.2, 0) is 9.53 Å². The number of rotatable bonds is 1. The van der Waals surface area contributed by atoms with Crippen LogP contribution in [0.5, 0.6) is 0 Å². The molecule has 1 aliphatic rings. The second-order valence-corrected chi connectivity index (χ2v) is 3.50. The van der Waals surface area contributed by atoms with E-state index in [0.717, 1.165) is 11.1 Å². The third-order valence-electron chi connectivity index (χ3n) is 2.22. The Morgan fingerprint density at radius 3 is 2.44 bits per heavy atom. The van der Waals surface area contributed by atoms with Gasteiger partial charge in [0.1, 0.15) is 6.10 Å². The first-order valence-corrected chi connectivity index (χ1v) is 5.22. The van der Waals surface area contributed by atoms with E-state index in [1.807, 2.05) is 43.3 Å². The molecular formula is C14H16O2. The maximum absolute atomic E-state index is 11.3. The van der Waals surface area contributed by atoms with E-state index < -0.39 is 0 Å². The van der Waals surface area contributed by atoms with Gasteiger partial charge in [0, 0.05) is 12.0 Å². The first kappa shape index (κ1) is 12.2. The molecule has 0 amide bonds. The SMILES string of the molecule is C=C.CC1C/C(=C/c2ccccc2)C(=O)O1. The quantitative estimate of drug-likeness (QED) is 0.409. The maximum atomic E-state index is 11.3. The fraction of sp³-hybridized carbons (Fsp3) is 0.214. The Bertz CT molecular complexity index is 379. The first-order chi connectivity index (χ1) is 7.75. The van der Waals surface area contributed by atoms with Gasteiger partial charge in [0.05, 0.1) is 0 Å². The molecule has 16 heavy (non-hydrogen) atoms. The van der Waals surface area contributed by atoms with Gasteiger partial charge >= 0.3 is 5.97 Å². The van der Waals surface area contributed by atoms with Gasteiger partial charge in [0.2, 0.25) is 0 Å². The minimum Gasteiger partial charge on any atom is -0.459 e. The number of carbonyl (C=O) groups excluding carboxylic acids is 1. The van der Waals surface area contributed by atoms with Crippen LogP contribution in [0.1, 0.15) is 18.9 Å². The van der Waals surface area contributed by atoms with Gasteiger partial charge < -0.3 is 4.74 Å². The summed E-state index contributed by atoms with van der Waals surface area (Å²) >= 11 is 0. The van der Waals surface area contributed by atoms with Crippen LogP contribution in [0, 0.1) is 0 Å².